The second kappa shape index (κ2) is 12.5. The molecule has 4 rings (SSSR count). The summed E-state index contributed by atoms with van der Waals surface area (Å²) in [4.78, 5) is 28.9. The minimum absolute atomic E-state index is 0.0521. The van der Waals surface area contributed by atoms with Crippen LogP contribution >= 0.6 is 11.8 Å². The van der Waals surface area contributed by atoms with Crippen LogP contribution in [0.5, 0.6) is 5.75 Å². The molecule has 1 aromatic heterocycles. The van der Waals surface area contributed by atoms with Crippen molar-refractivity contribution in [3.63, 3.8) is 0 Å². The molecule has 0 spiro atoms. The molecule has 2 amide bonds. The van der Waals surface area contributed by atoms with Crippen LogP contribution < -0.4 is 15.4 Å². The average molecular weight is 582 g/mol. The van der Waals surface area contributed by atoms with E-state index in [1.54, 1.807) is 63.4 Å². The molecular formula is C28H31N5O5S2. The van der Waals surface area contributed by atoms with Crippen LogP contribution in [-0.4, -0.2) is 60.0 Å². The molecule has 2 N–H and O–H groups in total. The SMILES string of the molecule is CCN(CC)S(=O)(=O)c1ccc2c(c1)nc(SCC(=O)Nc1ccc(NC(C)=O)cc1)n2-c1ccccc1OC. The molecular weight excluding hydrogens is 550 g/mol. The Morgan fingerprint density at radius 2 is 1.62 bits per heavy atom. The van der Waals surface area contributed by atoms with E-state index in [2.05, 4.69) is 10.6 Å². The zero-order chi connectivity index (χ0) is 28.9. The molecule has 0 bridgehead atoms. The number of ether oxygens (including phenoxy) is 1. The molecule has 0 aliphatic rings. The molecule has 10 nitrogen and oxygen atoms in total. The Labute approximate surface area is 237 Å². The van der Waals surface area contributed by atoms with Gasteiger partial charge >= 0.3 is 0 Å². The standard InChI is InChI=1S/C28H31N5O5S2/c1-5-32(6-2)40(36,37)22-15-16-24-23(17-22)31-28(33(24)25-9-7-8-10-26(25)38-4)39-18-27(35)30-21-13-11-20(12-14-21)29-19(3)34/h7-17H,5-6,18H2,1-4H3,(H,29,34)(H,30,35). The number of para-hydroxylation sites is 2. The smallest absolute Gasteiger partial charge is 0.243 e. The highest BCUT2D eigenvalue weighted by molar-refractivity contribution is 7.99. The third-order valence-corrected chi connectivity index (χ3v) is 9.07. The predicted molar refractivity (Wildman–Crippen MR) is 158 cm³/mol. The number of aromatic nitrogens is 2. The highest BCUT2D eigenvalue weighted by Crippen LogP contribution is 2.34. The number of amides is 2. The summed E-state index contributed by atoms with van der Waals surface area (Å²) in [5, 5.41) is 6.04. The number of sulfonamides is 1. The molecule has 0 saturated carbocycles. The predicted octanol–water partition coefficient (Wildman–Crippen LogP) is 4.75. The molecule has 0 aliphatic carbocycles. The van der Waals surface area contributed by atoms with Crippen molar-refractivity contribution < 1.29 is 22.7 Å². The van der Waals surface area contributed by atoms with Crippen molar-refractivity contribution in [1.29, 1.82) is 0 Å². The van der Waals surface area contributed by atoms with Gasteiger partial charge in [0.15, 0.2) is 5.16 Å². The number of hydrogen-bond donors (Lipinski definition) is 2. The largest absolute Gasteiger partial charge is 0.495 e. The van der Waals surface area contributed by atoms with Crippen LogP contribution in [0.25, 0.3) is 16.7 Å². The summed E-state index contributed by atoms with van der Waals surface area (Å²) in [6.07, 6.45) is 0. The monoisotopic (exact) mass is 581 g/mol. The second-order valence-corrected chi connectivity index (χ2v) is 11.6. The Balaban J connectivity index is 1.66. The minimum Gasteiger partial charge on any atom is -0.495 e. The lowest BCUT2D eigenvalue weighted by Crippen LogP contribution is -2.30. The molecule has 0 atom stereocenters. The number of rotatable bonds is 11. The molecule has 0 radical (unpaired) electrons. The Morgan fingerprint density at radius 3 is 2.25 bits per heavy atom. The number of nitrogens with zero attached hydrogens (tertiary/aromatic N) is 3. The number of benzene rings is 3. The van der Waals surface area contributed by atoms with Crippen molar-refractivity contribution in [2.45, 2.75) is 30.8 Å². The topological polar surface area (TPSA) is 123 Å². The molecule has 1 heterocycles. The number of nitrogens with one attached hydrogen (secondary N) is 2. The maximum Gasteiger partial charge on any atom is 0.243 e. The van der Waals surface area contributed by atoms with Gasteiger partial charge in [0.05, 0.1) is 34.5 Å². The van der Waals surface area contributed by atoms with Gasteiger partial charge in [0.25, 0.3) is 0 Å². The van der Waals surface area contributed by atoms with E-state index in [9.17, 15) is 18.0 Å². The van der Waals surface area contributed by atoms with Gasteiger partial charge in [-0.3, -0.25) is 14.2 Å². The fourth-order valence-electron chi connectivity index (χ4n) is 4.22. The number of hydrogen-bond acceptors (Lipinski definition) is 7. The van der Waals surface area contributed by atoms with Crippen molar-refractivity contribution in [2.75, 3.05) is 36.6 Å². The number of carbonyl (C=O) groups is 2. The highest BCUT2D eigenvalue weighted by atomic mass is 32.2. The van der Waals surface area contributed by atoms with E-state index in [0.717, 1.165) is 0 Å². The number of fused-ring (bicyclic) bond motifs is 1. The first kappa shape index (κ1) is 29.1. The third kappa shape index (κ3) is 6.30. The maximum absolute atomic E-state index is 13.2. The Morgan fingerprint density at radius 1 is 0.975 bits per heavy atom. The molecule has 0 unspecified atom stereocenters. The van der Waals surface area contributed by atoms with Crippen LogP contribution in [0.2, 0.25) is 0 Å². The molecule has 12 heteroatoms. The van der Waals surface area contributed by atoms with Gasteiger partial charge in [0.1, 0.15) is 5.75 Å². The maximum atomic E-state index is 13.2. The van der Waals surface area contributed by atoms with Gasteiger partial charge in [-0.05, 0) is 54.6 Å². The van der Waals surface area contributed by atoms with E-state index in [1.165, 1.54) is 23.0 Å². The molecule has 4 aromatic rings. The number of methoxy groups -OCH3 is 1. The summed E-state index contributed by atoms with van der Waals surface area (Å²) in [7, 11) is -2.11. The average Bonchev–Trinajstić information content (AvgIpc) is 3.30. The van der Waals surface area contributed by atoms with E-state index in [1.807, 2.05) is 28.8 Å². The van der Waals surface area contributed by atoms with Gasteiger partial charge in [-0.1, -0.05) is 37.7 Å². The first-order valence-corrected chi connectivity index (χ1v) is 15.1. The van der Waals surface area contributed by atoms with E-state index < -0.39 is 10.0 Å². The van der Waals surface area contributed by atoms with E-state index in [0.29, 0.717) is 52.1 Å². The number of anilines is 2. The summed E-state index contributed by atoms with van der Waals surface area (Å²) in [6, 6.07) is 19.1. The van der Waals surface area contributed by atoms with Gasteiger partial charge in [-0.2, -0.15) is 4.31 Å². The minimum atomic E-state index is -3.68. The lowest BCUT2D eigenvalue weighted by molar-refractivity contribution is -0.114. The zero-order valence-electron chi connectivity index (χ0n) is 22.7. The second-order valence-electron chi connectivity index (χ2n) is 8.74. The summed E-state index contributed by atoms with van der Waals surface area (Å²) in [6.45, 7) is 5.74. The summed E-state index contributed by atoms with van der Waals surface area (Å²) in [5.74, 6) is 0.230. The van der Waals surface area contributed by atoms with Gasteiger partial charge in [0, 0.05) is 31.4 Å². The first-order valence-electron chi connectivity index (χ1n) is 12.6. The summed E-state index contributed by atoms with van der Waals surface area (Å²) in [5.41, 5.74) is 3.09. The van der Waals surface area contributed by atoms with Gasteiger partial charge in [-0.15, -0.1) is 0 Å². The van der Waals surface area contributed by atoms with Gasteiger partial charge in [0.2, 0.25) is 21.8 Å². The molecule has 0 fully saturated rings. The quantitative estimate of drug-likeness (QED) is 0.245. The van der Waals surface area contributed by atoms with Gasteiger partial charge in [-0.25, -0.2) is 13.4 Å². The highest BCUT2D eigenvalue weighted by Gasteiger charge is 2.24. The molecule has 3 aromatic carbocycles. The fraction of sp³-hybridized carbons (Fsp3) is 0.250. The van der Waals surface area contributed by atoms with Crippen LogP contribution in [0.4, 0.5) is 11.4 Å². The van der Waals surface area contributed by atoms with Crippen molar-refractivity contribution >= 4 is 56.0 Å². The normalized spacial score (nSPS) is 11.5. The molecule has 0 saturated heterocycles. The number of thioether (sulfide) groups is 1. The van der Waals surface area contributed by atoms with Gasteiger partial charge < -0.3 is 15.4 Å². The number of imidazole rings is 1. The van der Waals surface area contributed by atoms with Crippen molar-refractivity contribution in [1.82, 2.24) is 13.9 Å². The number of carbonyl (C=O) groups excluding carboxylic acids is 2. The lowest BCUT2D eigenvalue weighted by Gasteiger charge is -2.18. The first-order chi connectivity index (χ1) is 19.2. The van der Waals surface area contributed by atoms with Crippen molar-refractivity contribution in [3.05, 3.63) is 66.7 Å². The van der Waals surface area contributed by atoms with Crippen LogP contribution in [0.1, 0.15) is 20.8 Å². The summed E-state index contributed by atoms with van der Waals surface area (Å²) >= 11 is 1.22. The molecule has 210 valence electrons. The van der Waals surface area contributed by atoms with Crippen molar-refractivity contribution in [2.24, 2.45) is 0 Å². The van der Waals surface area contributed by atoms with Crippen molar-refractivity contribution in [3.8, 4) is 11.4 Å². The molecule has 0 aliphatic heterocycles. The fourth-order valence-corrected chi connectivity index (χ4v) is 6.52. The Kier molecular flexibility index (Phi) is 9.13. The Bertz CT molecular complexity index is 1630. The van der Waals surface area contributed by atoms with E-state index in [4.69, 9.17) is 9.72 Å². The third-order valence-electron chi connectivity index (χ3n) is 6.09. The van der Waals surface area contributed by atoms with E-state index >= 15 is 0 Å². The molecule has 40 heavy (non-hydrogen) atoms. The lowest BCUT2D eigenvalue weighted by atomic mass is 10.2. The van der Waals surface area contributed by atoms with Crippen LogP contribution in [-0.2, 0) is 19.6 Å². The van der Waals surface area contributed by atoms with Crippen LogP contribution in [0, 0.1) is 0 Å². The van der Waals surface area contributed by atoms with Crippen LogP contribution in [0.3, 0.4) is 0 Å². The van der Waals surface area contributed by atoms with E-state index in [-0.39, 0.29) is 22.5 Å². The summed E-state index contributed by atoms with van der Waals surface area (Å²) < 4.78 is 35.2. The van der Waals surface area contributed by atoms with Crippen LogP contribution in [0.15, 0.2) is 76.8 Å². The zero-order valence-corrected chi connectivity index (χ0v) is 24.3. The Hall–Kier alpha value is -3.87.